The maximum absolute atomic E-state index is 13.7. The Balaban J connectivity index is 2.45. The molecule has 0 amide bonds. The summed E-state index contributed by atoms with van der Waals surface area (Å²) in [6.07, 6.45) is 0. The molecule has 0 aliphatic rings. The summed E-state index contributed by atoms with van der Waals surface area (Å²) in [5.74, 6) is -0.149. The van der Waals surface area contributed by atoms with Crippen LogP contribution in [0.15, 0.2) is 18.2 Å². The van der Waals surface area contributed by atoms with Crippen LogP contribution in [0.5, 0.6) is 5.75 Å². The van der Waals surface area contributed by atoms with Gasteiger partial charge in [0, 0.05) is 10.4 Å². The highest BCUT2D eigenvalue weighted by atomic mass is 32.1. The van der Waals surface area contributed by atoms with Gasteiger partial charge in [-0.3, -0.25) is 0 Å². The maximum Gasteiger partial charge on any atom is 0.165 e. The largest absolute Gasteiger partial charge is 0.494 e. The van der Waals surface area contributed by atoms with E-state index >= 15 is 0 Å². The predicted molar refractivity (Wildman–Crippen MR) is 71.4 cm³/mol. The molecule has 1 atom stereocenters. The third kappa shape index (κ3) is 2.37. The SMILES string of the molecule is COc1ccc(-c2nc(C(C)N)sc2C)cc1F. The number of halogens is 1. The van der Waals surface area contributed by atoms with E-state index in [0.717, 1.165) is 21.1 Å². The van der Waals surface area contributed by atoms with Gasteiger partial charge in [0.15, 0.2) is 11.6 Å². The molecule has 0 saturated heterocycles. The van der Waals surface area contributed by atoms with Crippen LogP contribution >= 0.6 is 11.3 Å². The predicted octanol–water partition coefficient (Wildman–Crippen LogP) is 3.29. The number of methoxy groups -OCH3 is 1. The number of aromatic nitrogens is 1. The molecule has 0 saturated carbocycles. The quantitative estimate of drug-likeness (QED) is 0.927. The smallest absolute Gasteiger partial charge is 0.165 e. The number of ether oxygens (including phenoxy) is 1. The Bertz CT molecular complexity index is 566. The van der Waals surface area contributed by atoms with Crippen LogP contribution in [0.25, 0.3) is 11.3 Å². The maximum atomic E-state index is 13.7. The van der Waals surface area contributed by atoms with Crippen LogP contribution < -0.4 is 10.5 Å². The van der Waals surface area contributed by atoms with Crippen molar-refractivity contribution in [2.45, 2.75) is 19.9 Å². The molecule has 0 fully saturated rings. The first kappa shape index (κ1) is 13.0. The number of thiazole rings is 1. The summed E-state index contributed by atoms with van der Waals surface area (Å²) in [4.78, 5) is 5.50. The third-order valence-electron chi connectivity index (χ3n) is 2.63. The zero-order valence-electron chi connectivity index (χ0n) is 10.5. The Labute approximate surface area is 109 Å². The van der Waals surface area contributed by atoms with Gasteiger partial charge in [0.2, 0.25) is 0 Å². The lowest BCUT2D eigenvalue weighted by molar-refractivity contribution is 0.386. The van der Waals surface area contributed by atoms with E-state index in [-0.39, 0.29) is 17.6 Å². The fraction of sp³-hybridized carbons (Fsp3) is 0.308. The first-order chi connectivity index (χ1) is 8.52. The topological polar surface area (TPSA) is 48.1 Å². The highest BCUT2D eigenvalue weighted by Crippen LogP contribution is 2.31. The van der Waals surface area contributed by atoms with Crippen molar-refractivity contribution in [2.24, 2.45) is 5.73 Å². The van der Waals surface area contributed by atoms with Gasteiger partial charge < -0.3 is 10.5 Å². The molecule has 2 aromatic rings. The van der Waals surface area contributed by atoms with Gasteiger partial charge in [0.1, 0.15) is 5.01 Å². The van der Waals surface area contributed by atoms with Gasteiger partial charge in [-0.05, 0) is 32.0 Å². The second kappa shape index (κ2) is 5.04. The minimum Gasteiger partial charge on any atom is -0.494 e. The van der Waals surface area contributed by atoms with Gasteiger partial charge >= 0.3 is 0 Å². The van der Waals surface area contributed by atoms with Crippen LogP contribution in [0.3, 0.4) is 0 Å². The van der Waals surface area contributed by atoms with Crippen molar-refractivity contribution in [3.8, 4) is 17.0 Å². The molecular weight excluding hydrogens is 251 g/mol. The summed E-state index contributed by atoms with van der Waals surface area (Å²) in [7, 11) is 1.44. The lowest BCUT2D eigenvalue weighted by Crippen LogP contribution is -2.03. The molecule has 2 rings (SSSR count). The second-order valence-electron chi connectivity index (χ2n) is 4.09. The van der Waals surface area contributed by atoms with Crippen molar-refractivity contribution < 1.29 is 9.13 Å². The van der Waals surface area contributed by atoms with Gasteiger partial charge in [-0.1, -0.05) is 0 Å². The van der Waals surface area contributed by atoms with Crippen molar-refractivity contribution >= 4 is 11.3 Å². The van der Waals surface area contributed by atoms with Crippen molar-refractivity contribution in [1.82, 2.24) is 4.98 Å². The molecule has 1 heterocycles. The van der Waals surface area contributed by atoms with Crippen LogP contribution in [0, 0.1) is 12.7 Å². The summed E-state index contributed by atoms with van der Waals surface area (Å²) in [6.45, 7) is 3.84. The van der Waals surface area contributed by atoms with E-state index in [1.165, 1.54) is 13.2 Å². The van der Waals surface area contributed by atoms with Gasteiger partial charge in [-0.2, -0.15) is 0 Å². The Hall–Kier alpha value is -1.46. The standard InChI is InChI=1S/C13H15FN2OS/c1-7(15)13-16-12(8(2)18-13)9-4-5-11(17-3)10(14)6-9/h4-7H,15H2,1-3H3. The molecule has 0 bridgehead atoms. The molecule has 1 aromatic heterocycles. The number of hydrogen-bond donors (Lipinski definition) is 1. The summed E-state index contributed by atoms with van der Waals surface area (Å²) in [5.41, 5.74) is 7.33. The minimum absolute atomic E-state index is 0.106. The zero-order valence-corrected chi connectivity index (χ0v) is 11.3. The lowest BCUT2D eigenvalue weighted by Gasteiger charge is -2.04. The number of hydrogen-bond acceptors (Lipinski definition) is 4. The molecule has 5 heteroatoms. The van der Waals surface area contributed by atoms with Crippen LogP contribution in [0.4, 0.5) is 4.39 Å². The molecule has 96 valence electrons. The van der Waals surface area contributed by atoms with Crippen LogP contribution in [0.1, 0.15) is 22.9 Å². The number of benzene rings is 1. The van der Waals surface area contributed by atoms with E-state index in [1.54, 1.807) is 23.5 Å². The molecule has 3 nitrogen and oxygen atoms in total. The van der Waals surface area contributed by atoms with E-state index in [2.05, 4.69) is 4.98 Å². The lowest BCUT2D eigenvalue weighted by atomic mass is 10.1. The molecule has 0 aliphatic carbocycles. The fourth-order valence-corrected chi connectivity index (χ4v) is 2.59. The Morgan fingerprint density at radius 1 is 1.44 bits per heavy atom. The van der Waals surface area contributed by atoms with E-state index in [9.17, 15) is 4.39 Å². The molecule has 1 aromatic carbocycles. The normalized spacial score (nSPS) is 12.5. The van der Waals surface area contributed by atoms with Gasteiger partial charge in [0.05, 0.1) is 18.8 Å². The van der Waals surface area contributed by atoms with Crippen molar-refractivity contribution in [3.63, 3.8) is 0 Å². The summed E-state index contributed by atoms with van der Waals surface area (Å²) in [5, 5.41) is 0.860. The minimum atomic E-state index is -0.384. The van der Waals surface area contributed by atoms with Crippen LogP contribution in [-0.2, 0) is 0 Å². The summed E-state index contributed by atoms with van der Waals surface area (Å²) < 4.78 is 18.6. The van der Waals surface area contributed by atoms with E-state index in [4.69, 9.17) is 10.5 Å². The van der Waals surface area contributed by atoms with E-state index in [0.29, 0.717) is 0 Å². The van der Waals surface area contributed by atoms with Crippen LogP contribution in [0.2, 0.25) is 0 Å². The average molecular weight is 266 g/mol. The molecule has 2 N–H and O–H groups in total. The van der Waals surface area contributed by atoms with Crippen molar-refractivity contribution in [2.75, 3.05) is 7.11 Å². The van der Waals surface area contributed by atoms with Gasteiger partial charge in [-0.15, -0.1) is 11.3 Å². The molecule has 1 unspecified atom stereocenters. The number of aryl methyl sites for hydroxylation is 1. The highest BCUT2D eigenvalue weighted by Gasteiger charge is 2.14. The van der Waals surface area contributed by atoms with Gasteiger partial charge in [-0.25, -0.2) is 9.37 Å². The van der Waals surface area contributed by atoms with Gasteiger partial charge in [0.25, 0.3) is 0 Å². The number of rotatable bonds is 3. The molecule has 18 heavy (non-hydrogen) atoms. The summed E-state index contributed by atoms with van der Waals surface area (Å²) in [6, 6.07) is 4.74. The third-order valence-corrected chi connectivity index (χ3v) is 3.80. The van der Waals surface area contributed by atoms with Crippen molar-refractivity contribution in [3.05, 3.63) is 33.9 Å². The average Bonchev–Trinajstić information content (AvgIpc) is 2.71. The Kier molecular flexibility index (Phi) is 3.63. The zero-order chi connectivity index (χ0) is 13.3. The summed E-state index contributed by atoms with van der Waals surface area (Å²) >= 11 is 1.54. The first-order valence-corrected chi connectivity index (χ1v) is 6.41. The first-order valence-electron chi connectivity index (χ1n) is 5.59. The molecule has 0 radical (unpaired) electrons. The molecule has 0 aliphatic heterocycles. The Morgan fingerprint density at radius 3 is 2.67 bits per heavy atom. The van der Waals surface area contributed by atoms with Crippen LogP contribution in [-0.4, -0.2) is 12.1 Å². The van der Waals surface area contributed by atoms with E-state index in [1.807, 2.05) is 13.8 Å². The number of nitrogens with two attached hydrogens (primary N) is 1. The number of nitrogens with zero attached hydrogens (tertiary/aromatic N) is 1. The van der Waals surface area contributed by atoms with Crippen molar-refractivity contribution in [1.29, 1.82) is 0 Å². The Morgan fingerprint density at radius 2 is 2.17 bits per heavy atom. The monoisotopic (exact) mass is 266 g/mol. The molecule has 0 spiro atoms. The highest BCUT2D eigenvalue weighted by molar-refractivity contribution is 7.12. The second-order valence-corrected chi connectivity index (χ2v) is 5.33. The molecular formula is C13H15FN2OS. The fourth-order valence-electron chi connectivity index (χ4n) is 1.69. The van der Waals surface area contributed by atoms with E-state index < -0.39 is 0 Å².